The predicted molar refractivity (Wildman–Crippen MR) is 104 cm³/mol. The Hall–Kier alpha value is -2.61. The molecule has 2 amide bonds. The van der Waals surface area contributed by atoms with Crippen LogP contribution in [0, 0.1) is 0 Å². The van der Waals surface area contributed by atoms with E-state index in [4.69, 9.17) is 4.74 Å². The summed E-state index contributed by atoms with van der Waals surface area (Å²) in [4.78, 5) is 31.8. The summed E-state index contributed by atoms with van der Waals surface area (Å²) in [5, 5.41) is 8.75. The molecule has 0 bridgehead atoms. The van der Waals surface area contributed by atoms with Gasteiger partial charge in [0.15, 0.2) is 5.13 Å². The molecular weight excluding hydrogens is 364 g/mol. The first-order valence-corrected chi connectivity index (χ1v) is 9.97. The van der Waals surface area contributed by atoms with Crippen LogP contribution in [0.2, 0.25) is 0 Å². The van der Waals surface area contributed by atoms with Gasteiger partial charge in [0, 0.05) is 24.9 Å². The lowest BCUT2D eigenvalue weighted by atomic mass is 9.89. The average molecular weight is 386 g/mol. The van der Waals surface area contributed by atoms with Gasteiger partial charge in [0.25, 0.3) is 0 Å². The molecule has 4 rings (SSSR count). The molecule has 0 spiro atoms. The number of carbonyl (C=O) groups excluding carboxylic acids is 2. The van der Waals surface area contributed by atoms with E-state index in [0.29, 0.717) is 18.0 Å². The zero-order valence-electron chi connectivity index (χ0n) is 15.2. The summed E-state index contributed by atoms with van der Waals surface area (Å²) >= 11 is 1.61. The van der Waals surface area contributed by atoms with E-state index in [2.05, 4.69) is 20.5 Å². The number of ether oxygens (including phenoxy) is 1. The van der Waals surface area contributed by atoms with E-state index < -0.39 is 5.92 Å². The second-order valence-corrected chi connectivity index (χ2v) is 7.60. The van der Waals surface area contributed by atoms with E-state index in [9.17, 15) is 9.59 Å². The molecule has 1 aromatic carbocycles. The fourth-order valence-corrected chi connectivity index (χ4v) is 4.47. The number of hydrogen-bond acceptors (Lipinski definition) is 6. The molecule has 0 radical (unpaired) electrons. The summed E-state index contributed by atoms with van der Waals surface area (Å²) in [5.41, 5.74) is 2.21. The molecule has 1 saturated heterocycles. The van der Waals surface area contributed by atoms with Crippen molar-refractivity contribution in [2.24, 2.45) is 0 Å². The Labute approximate surface area is 161 Å². The standard InChI is InChI=1S/C19H22N4O3S/c1-26-15-6-4-5-13-14(9-16(24)22-17(13)15)18(25)20-10-12-11-27-19(21-12)23-7-2-3-8-23/h4-6,11,14H,2-3,7-10H2,1H3,(H,20,25)(H,22,24)/t14-/m0/s1. The van der Waals surface area contributed by atoms with Crippen molar-refractivity contribution in [3.05, 3.63) is 34.8 Å². The van der Waals surface area contributed by atoms with Crippen molar-refractivity contribution in [2.45, 2.75) is 31.7 Å². The molecule has 142 valence electrons. The Kier molecular flexibility index (Phi) is 4.98. The molecule has 7 nitrogen and oxygen atoms in total. The summed E-state index contributed by atoms with van der Waals surface area (Å²) in [6.07, 6.45) is 2.54. The number of thiazole rings is 1. The van der Waals surface area contributed by atoms with Gasteiger partial charge in [0.05, 0.1) is 31.0 Å². The van der Waals surface area contributed by atoms with Crippen LogP contribution in [0.3, 0.4) is 0 Å². The second kappa shape index (κ2) is 7.56. The minimum atomic E-state index is -0.527. The molecule has 0 unspecified atom stereocenters. The zero-order chi connectivity index (χ0) is 18.8. The molecule has 27 heavy (non-hydrogen) atoms. The van der Waals surface area contributed by atoms with E-state index in [1.165, 1.54) is 12.8 Å². The molecule has 2 aliphatic rings. The van der Waals surface area contributed by atoms with Gasteiger partial charge in [-0.05, 0) is 24.5 Å². The smallest absolute Gasteiger partial charge is 0.228 e. The highest BCUT2D eigenvalue weighted by Crippen LogP contribution is 2.38. The minimum absolute atomic E-state index is 0.127. The number of para-hydroxylation sites is 1. The number of anilines is 2. The van der Waals surface area contributed by atoms with Gasteiger partial charge in [-0.3, -0.25) is 9.59 Å². The Morgan fingerprint density at radius 1 is 1.41 bits per heavy atom. The van der Waals surface area contributed by atoms with Gasteiger partial charge in [-0.25, -0.2) is 4.98 Å². The third-order valence-electron chi connectivity index (χ3n) is 4.98. The van der Waals surface area contributed by atoms with Crippen LogP contribution in [0.15, 0.2) is 23.6 Å². The van der Waals surface area contributed by atoms with Crippen LogP contribution in [0.1, 0.15) is 36.4 Å². The Bertz CT molecular complexity index is 860. The molecule has 3 heterocycles. The van der Waals surface area contributed by atoms with Crippen molar-refractivity contribution >= 4 is 34.0 Å². The molecule has 2 aliphatic heterocycles. The van der Waals surface area contributed by atoms with Crippen LogP contribution >= 0.6 is 11.3 Å². The predicted octanol–water partition coefficient (Wildman–Crippen LogP) is 2.49. The summed E-state index contributed by atoms with van der Waals surface area (Å²) in [7, 11) is 1.55. The number of benzene rings is 1. The highest BCUT2D eigenvalue weighted by Gasteiger charge is 2.32. The molecule has 2 N–H and O–H groups in total. The van der Waals surface area contributed by atoms with Crippen LogP contribution < -0.4 is 20.3 Å². The number of fused-ring (bicyclic) bond motifs is 1. The third-order valence-corrected chi connectivity index (χ3v) is 5.93. The number of nitrogens with zero attached hydrogens (tertiary/aromatic N) is 2. The molecule has 1 aromatic heterocycles. The number of methoxy groups -OCH3 is 1. The van der Waals surface area contributed by atoms with E-state index in [0.717, 1.165) is 29.5 Å². The molecule has 1 atom stereocenters. The monoisotopic (exact) mass is 386 g/mol. The molecule has 2 aromatic rings. The molecule has 0 aliphatic carbocycles. The SMILES string of the molecule is COc1cccc2c1NC(=O)C[C@@H]2C(=O)NCc1csc(N2CCCC2)n1. The van der Waals surface area contributed by atoms with E-state index in [1.807, 2.05) is 17.5 Å². The summed E-state index contributed by atoms with van der Waals surface area (Å²) < 4.78 is 5.31. The number of aromatic nitrogens is 1. The van der Waals surface area contributed by atoms with Crippen LogP contribution in [-0.2, 0) is 16.1 Å². The first-order chi connectivity index (χ1) is 13.2. The molecule has 8 heteroatoms. The van der Waals surface area contributed by atoms with Gasteiger partial charge in [-0.15, -0.1) is 11.3 Å². The van der Waals surface area contributed by atoms with E-state index >= 15 is 0 Å². The molecular formula is C19H22N4O3S. The van der Waals surface area contributed by atoms with Crippen LogP contribution in [0.25, 0.3) is 0 Å². The second-order valence-electron chi connectivity index (χ2n) is 6.76. The molecule has 1 fully saturated rings. The number of hydrogen-bond donors (Lipinski definition) is 2. The first kappa shape index (κ1) is 17.8. The van der Waals surface area contributed by atoms with E-state index in [-0.39, 0.29) is 18.2 Å². The lowest BCUT2D eigenvalue weighted by Gasteiger charge is -2.26. The number of amides is 2. The first-order valence-electron chi connectivity index (χ1n) is 9.09. The lowest BCUT2D eigenvalue weighted by Crippen LogP contribution is -2.35. The van der Waals surface area contributed by atoms with Crippen molar-refractivity contribution in [1.29, 1.82) is 0 Å². The minimum Gasteiger partial charge on any atom is -0.495 e. The van der Waals surface area contributed by atoms with Crippen LogP contribution in [0.5, 0.6) is 5.75 Å². The van der Waals surface area contributed by atoms with Crippen molar-refractivity contribution in [3.8, 4) is 5.75 Å². The number of nitrogens with one attached hydrogen (secondary N) is 2. The maximum absolute atomic E-state index is 12.8. The number of rotatable bonds is 5. The third kappa shape index (κ3) is 3.62. The topological polar surface area (TPSA) is 83.6 Å². The fourth-order valence-electron chi connectivity index (χ4n) is 3.59. The Morgan fingerprint density at radius 3 is 3.00 bits per heavy atom. The van der Waals surface area contributed by atoms with Gasteiger partial charge in [-0.2, -0.15) is 0 Å². The number of carbonyl (C=O) groups is 2. The van der Waals surface area contributed by atoms with Crippen LogP contribution in [0.4, 0.5) is 10.8 Å². The normalized spacial score (nSPS) is 18.8. The maximum Gasteiger partial charge on any atom is 0.228 e. The highest BCUT2D eigenvalue weighted by atomic mass is 32.1. The summed E-state index contributed by atoms with van der Waals surface area (Å²) in [6, 6.07) is 5.46. The maximum atomic E-state index is 12.8. The van der Waals surface area contributed by atoms with Crippen LogP contribution in [-0.4, -0.2) is 37.0 Å². The van der Waals surface area contributed by atoms with Gasteiger partial charge >= 0.3 is 0 Å². The van der Waals surface area contributed by atoms with Gasteiger partial charge in [0.2, 0.25) is 11.8 Å². The quantitative estimate of drug-likeness (QED) is 0.825. The Balaban J connectivity index is 1.45. The average Bonchev–Trinajstić information content (AvgIpc) is 3.36. The highest BCUT2D eigenvalue weighted by molar-refractivity contribution is 7.13. The van der Waals surface area contributed by atoms with Crippen molar-refractivity contribution in [3.63, 3.8) is 0 Å². The fraction of sp³-hybridized carbons (Fsp3) is 0.421. The van der Waals surface area contributed by atoms with Crippen molar-refractivity contribution in [2.75, 3.05) is 30.4 Å². The van der Waals surface area contributed by atoms with Gasteiger partial charge in [0.1, 0.15) is 5.75 Å². The molecule has 0 saturated carbocycles. The van der Waals surface area contributed by atoms with Crippen molar-refractivity contribution < 1.29 is 14.3 Å². The van der Waals surface area contributed by atoms with E-state index in [1.54, 1.807) is 24.5 Å². The summed E-state index contributed by atoms with van der Waals surface area (Å²) in [5.74, 6) is -0.319. The van der Waals surface area contributed by atoms with Gasteiger partial charge < -0.3 is 20.3 Å². The summed E-state index contributed by atoms with van der Waals surface area (Å²) in [6.45, 7) is 2.46. The van der Waals surface area contributed by atoms with Gasteiger partial charge in [-0.1, -0.05) is 12.1 Å². The zero-order valence-corrected chi connectivity index (χ0v) is 16.0. The van der Waals surface area contributed by atoms with Crippen molar-refractivity contribution in [1.82, 2.24) is 10.3 Å². The largest absolute Gasteiger partial charge is 0.495 e. The Morgan fingerprint density at radius 2 is 2.22 bits per heavy atom. The lowest BCUT2D eigenvalue weighted by molar-refractivity contribution is -0.126.